The van der Waals surface area contributed by atoms with Crippen molar-refractivity contribution in [3.8, 4) is 11.5 Å². The van der Waals surface area contributed by atoms with Crippen LogP contribution in [0.3, 0.4) is 0 Å². The summed E-state index contributed by atoms with van der Waals surface area (Å²) in [6.45, 7) is 0.690. The van der Waals surface area contributed by atoms with Crippen LogP contribution in [0.1, 0.15) is 24.5 Å². The number of hydrogen-bond acceptors (Lipinski definition) is 8. The van der Waals surface area contributed by atoms with Gasteiger partial charge in [0.2, 0.25) is 16.1 Å². The smallest absolute Gasteiger partial charge is 0.321 e. The number of imide groups is 1. The van der Waals surface area contributed by atoms with Crippen LogP contribution in [0.15, 0.2) is 53.4 Å². The van der Waals surface area contributed by atoms with Gasteiger partial charge in [0.1, 0.15) is 13.2 Å². The number of hydrogen-bond donors (Lipinski definition) is 3. The van der Waals surface area contributed by atoms with E-state index in [4.69, 9.17) is 14.2 Å². The normalized spacial score (nSPS) is 13.4. The van der Waals surface area contributed by atoms with Crippen molar-refractivity contribution in [1.82, 2.24) is 15.4 Å². The Morgan fingerprint density at radius 3 is 2.44 bits per heavy atom. The first kappa shape index (κ1) is 25.0. The number of urea groups is 1. The van der Waals surface area contributed by atoms with Gasteiger partial charge in [0.05, 0.1) is 4.90 Å². The highest BCUT2D eigenvalue weighted by atomic mass is 32.2. The van der Waals surface area contributed by atoms with E-state index < -0.39 is 34.0 Å². The number of rotatable bonds is 9. The Labute approximate surface area is 196 Å². The summed E-state index contributed by atoms with van der Waals surface area (Å²) in [5.41, 5.74) is 0.386. The largest absolute Gasteiger partial charge is 0.486 e. The van der Waals surface area contributed by atoms with E-state index in [-0.39, 0.29) is 24.3 Å². The second-order valence-corrected chi connectivity index (χ2v) is 8.92. The lowest BCUT2D eigenvalue weighted by molar-refractivity contribution is -0.156. The van der Waals surface area contributed by atoms with Gasteiger partial charge in [-0.1, -0.05) is 30.3 Å². The Hall–Kier alpha value is -3.64. The fourth-order valence-corrected chi connectivity index (χ4v) is 4.13. The van der Waals surface area contributed by atoms with Crippen LogP contribution >= 0.6 is 0 Å². The van der Waals surface area contributed by atoms with Gasteiger partial charge in [0.25, 0.3) is 5.91 Å². The molecule has 1 heterocycles. The third-order valence-corrected chi connectivity index (χ3v) is 6.19. The molecule has 1 atom stereocenters. The van der Waals surface area contributed by atoms with Gasteiger partial charge in [0, 0.05) is 31.6 Å². The second kappa shape index (κ2) is 11.5. The molecule has 0 aromatic heterocycles. The van der Waals surface area contributed by atoms with Crippen molar-refractivity contribution in [1.29, 1.82) is 0 Å². The van der Waals surface area contributed by atoms with Crippen molar-refractivity contribution >= 4 is 27.9 Å². The molecule has 0 spiro atoms. The molecule has 12 heteroatoms. The zero-order chi connectivity index (χ0) is 24.6. The van der Waals surface area contributed by atoms with Crippen LogP contribution in [0.4, 0.5) is 4.79 Å². The molecule has 1 unspecified atom stereocenters. The molecule has 3 amide bonds. The minimum absolute atomic E-state index is 0.00865. The first-order valence-corrected chi connectivity index (χ1v) is 11.9. The summed E-state index contributed by atoms with van der Waals surface area (Å²) in [7, 11) is -2.49. The van der Waals surface area contributed by atoms with Crippen molar-refractivity contribution in [2.75, 3.05) is 26.8 Å². The van der Waals surface area contributed by atoms with Crippen molar-refractivity contribution in [3.05, 3.63) is 54.1 Å². The topological polar surface area (TPSA) is 149 Å². The maximum Gasteiger partial charge on any atom is 0.321 e. The average molecular weight is 492 g/mol. The molecule has 2 aromatic carbocycles. The van der Waals surface area contributed by atoms with Gasteiger partial charge in [-0.2, -0.15) is 0 Å². The van der Waals surface area contributed by atoms with E-state index in [9.17, 15) is 22.8 Å². The molecule has 0 saturated carbocycles. The van der Waals surface area contributed by atoms with Crippen LogP contribution in [-0.4, -0.2) is 53.1 Å². The number of amides is 3. The number of fused-ring (bicyclic) bond motifs is 1. The van der Waals surface area contributed by atoms with E-state index >= 15 is 0 Å². The van der Waals surface area contributed by atoms with E-state index in [2.05, 4.69) is 15.4 Å². The van der Waals surface area contributed by atoms with Crippen LogP contribution < -0.4 is 24.8 Å². The van der Waals surface area contributed by atoms with E-state index in [1.165, 1.54) is 25.2 Å². The Morgan fingerprint density at radius 2 is 1.74 bits per heavy atom. The molecule has 3 N–H and O–H groups in total. The highest BCUT2D eigenvalue weighted by molar-refractivity contribution is 7.89. The number of carbonyl (C=O) groups excluding carboxylic acids is 3. The van der Waals surface area contributed by atoms with Crippen molar-refractivity contribution in [3.63, 3.8) is 0 Å². The first-order valence-electron chi connectivity index (χ1n) is 10.5. The van der Waals surface area contributed by atoms with Crippen LogP contribution in [-0.2, 0) is 24.3 Å². The van der Waals surface area contributed by atoms with Gasteiger partial charge in [-0.05, 0) is 18.6 Å². The fraction of sp³-hybridized carbons (Fsp3) is 0.318. The lowest BCUT2D eigenvalue weighted by atomic mass is 10.1. The summed E-state index contributed by atoms with van der Waals surface area (Å²) in [5.74, 6) is -0.710. The Kier molecular flexibility index (Phi) is 8.44. The molecular weight excluding hydrogens is 466 g/mol. The van der Waals surface area contributed by atoms with Crippen molar-refractivity contribution in [2.45, 2.75) is 23.8 Å². The summed E-state index contributed by atoms with van der Waals surface area (Å²) in [6.07, 6.45) is -1.36. The minimum atomic E-state index is -3.83. The van der Waals surface area contributed by atoms with Crippen LogP contribution in [0, 0.1) is 0 Å². The first-order chi connectivity index (χ1) is 16.3. The molecule has 182 valence electrons. The van der Waals surface area contributed by atoms with Crippen LogP contribution in [0.25, 0.3) is 0 Å². The summed E-state index contributed by atoms with van der Waals surface area (Å²) >= 11 is 0. The highest BCUT2D eigenvalue weighted by Gasteiger charge is 2.26. The summed E-state index contributed by atoms with van der Waals surface area (Å²) in [4.78, 5) is 36.2. The molecule has 0 fully saturated rings. The summed E-state index contributed by atoms with van der Waals surface area (Å²) < 4.78 is 43.5. The lowest BCUT2D eigenvalue weighted by Crippen LogP contribution is -2.41. The van der Waals surface area contributed by atoms with Gasteiger partial charge < -0.3 is 19.5 Å². The number of benzene rings is 2. The number of sulfonamides is 1. The average Bonchev–Trinajstić information content (AvgIpc) is 2.85. The number of nitrogens with one attached hydrogen (secondary N) is 3. The van der Waals surface area contributed by atoms with Crippen LogP contribution in [0.2, 0.25) is 0 Å². The molecule has 0 saturated heterocycles. The van der Waals surface area contributed by atoms with Crippen molar-refractivity contribution < 1.29 is 37.0 Å². The molecule has 2 aromatic rings. The zero-order valence-corrected chi connectivity index (χ0v) is 19.2. The molecule has 34 heavy (non-hydrogen) atoms. The fourth-order valence-electron chi connectivity index (χ4n) is 3.04. The van der Waals surface area contributed by atoms with Crippen molar-refractivity contribution in [2.24, 2.45) is 0 Å². The van der Waals surface area contributed by atoms with Gasteiger partial charge in [-0.15, -0.1) is 0 Å². The number of esters is 1. The maximum absolute atomic E-state index is 12.5. The second-order valence-electron chi connectivity index (χ2n) is 7.16. The van der Waals surface area contributed by atoms with E-state index in [1.54, 1.807) is 30.3 Å². The van der Waals surface area contributed by atoms with Gasteiger partial charge in [0.15, 0.2) is 11.5 Å². The quantitative estimate of drug-likeness (QED) is 0.351. The Bertz CT molecular complexity index is 1140. The Morgan fingerprint density at radius 1 is 1.03 bits per heavy atom. The standard InChI is InChI=1S/C22H25N3O8S/c1-23-22(28)25-21(27)20(15-6-3-2-4-7-15)33-19(26)8-5-11-24-34(29,30)16-9-10-17-18(14-16)32-13-12-31-17/h2-4,6-7,9-10,14,20,24H,5,8,11-13H2,1H3,(H2,23,25,27,28). The zero-order valence-electron chi connectivity index (χ0n) is 18.4. The van der Waals surface area contributed by atoms with E-state index in [0.29, 0.717) is 30.3 Å². The van der Waals surface area contributed by atoms with Crippen LogP contribution in [0.5, 0.6) is 11.5 Å². The molecule has 11 nitrogen and oxygen atoms in total. The van der Waals surface area contributed by atoms with Gasteiger partial charge in [-0.25, -0.2) is 17.9 Å². The number of ether oxygens (including phenoxy) is 3. The third-order valence-electron chi connectivity index (χ3n) is 4.73. The molecule has 1 aliphatic heterocycles. The molecule has 0 bridgehead atoms. The summed E-state index contributed by atoms with van der Waals surface area (Å²) in [6, 6.07) is 11.8. The van der Waals surface area contributed by atoms with E-state index in [1.807, 2.05) is 0 Å². The third kappa shape index (κ3) is 6.68. The van der Waals surface area contributed by atoms with Gasteiger partial charge >= 0.3 is 12.0 Å². The maximum atomic E-state index is 12.5. The van der Waals surface area contributed by atoms with E-state index in [0.717, 1.165) is 0 Å². The summed E-state index contributed by atoms with van der Waals surface area (Å²) in [5, 5.41) is 4.33. The van der Waals surface area contributed by atoms with Gasteiger partial charge in [-0.3, -0.25) is 14.9 Å². The molecule has 0 radical (unpaired) electrons. The predicted molar refractivity (Wildman–Crippen MR) is 120 cm³/mol. The molecule has 1 aliphatic rings. The SMILES string of the molecule is CNC(=O)NC(=O)C(OC(=O)CCCNS(=O)(=O)c1ccc2c(c1)OCCO2)c1ccccc1. The monoisotopic (exact) mass is 491 g/mol. The predicted octanol–water partition coefficient (Wildman–Crippen LogP) is 1.26. The Balaban J connectivity index is 1.53. The molecule has 0 aliphatic carbocycles. The minimum Gasteiger partial charge on any atom is -0.486 e. The number of carbonyl (C=O) groups is 3. The molecule has 3 rings (SSSR count). The highest BCUT2D eigenvalue weighted by Crippen LogP contribution is 2.32. The molecular formula is C22H25N3O8S. The lowest BCUT2D eigenvalue weighted by Gasteiger charge is -2.19.